The quantitative estimate of drug-likeness (QED) is 0.710. The molecule has 2 aromatic heterocycles. The lowest BCUT2D eigenvalue weighted by atomic mass is 10.4. The van der Waals surface area contributed by atoms with Crippen molar-refractivity contribution in [2.24, 2.45) is 0 Å². The van der Waals surface area contributed by atoms with E-state index < -0.39 is 11.9 Å². The Kier molecular flexibility index (Phi) is 1.59. The first-order valence-electron chi connectivity index (χ1n) is 3.48. The second-order valence-corrected chi connectivity index (χ2v) is 2.31. The molecule has 2 N–H and O–H groups in total. The van der Waals surface area contributed by atoms with Crippen LogP contribution in [-0.4, -0.2) is 26.2 Å². The summed E-state index contributed by atoms with van der Waals surface area (Å²) in [5.74, 6) is -1.41. The van der Waals surface area contributed by atoms with Gasteiger partial charge in [0.15, 0.2) is 0 Å². The van der Waals surface area contributed by atoms with E-state index in [-0.39, 0.29) is 5.82 Å². The number of carboxylic acid groups (broad SMARTS) is 1. The Morgan fingerprint density at radius 3 is 3.00 bits per heavy atom. The lowest BCUT2D eigenvalue weighted by molar-refractivity contribution is 0.0643. The van der Waals surface area contributed by atoms with E-state index in [2.05, 4.69) is 19.6 Å². The highest BCUT2D eigenvalue weighted by atomic mass is 16.5. The molecule has 0 atom stereocenters. The van der Waals surface area contributed by atoms with Gasteiger partial charge in [0.2, 0.25) is 5.82 Å². The third-order valence-corrected chi connectivity index (χ3v) is 1.45. The van der Waals surface area contributed by atoms with E-state index in [0.717, 1.165) is 0 Å². The Hall–Kier alpha value is -2.11. The van der Waals surface area contributed by atoms with E-state index in [4.69, 9.17) is 5.11 Å². The molecule has 0 aliphatic rings. The molecule has 0 fully saturated rings. The maximum atomic E-state index is 10.4. The largest absolute Gasteiger partial charge is 0.474 e. The van der Waals surface area contributed by atoms with Crippen LogP contribution >= 0.6 is 0 Å². The second kappa shape index (κ2) is 2.74. The fraction of sp³-hybridized carbons (Fsp3) is 0. The number of rotatable bonds is 2. The molecule has 0 radical (unpaired) electrons. The first kappa shape index (κ1) is 7.53. The summed E-state index contributed by atoms with van der Waals surface area (Å²) in [5.41, 5.74) is 0.622. The highest BCUT2D eigenvalue weighted by molar-refractivity contribution is 5.82. The topological polar surface area (TPSA) is 92.0 Å². The number of hydrogen-bond donors (Lipinski definition) is 2. The third-order valence-electron chi connectivity index (χ3n) is 1.45. The van der Waals surface area contributed by atoms with Gasteiger partial charge in [0.1, 0.15) is 0 Å². The van der Waals surface area contributed by atoms with E-state index in [1.165, 1.54) is 0 Å². The summed E-state index contributed by atoms with van der Waals surface area (Å²) in [7, 11) is 0. The zero-order valence-corrected chi connectivity index (χ0v) is 6.39. The lowest BCUT2D eigenvalue weighted by Gasteiger charge is -1.82. The fourth-order valence-corrected chi connectivity index (χ4v) is 0.889. The lowest BCUT2D eigenvalue weighted by Crippen LogP contribution is -1.95. The molecule has 0 bridgehead atoms. The monoisotopic (exact) mass is 179 g/mol. The average Bonchev–Trinajstić information content (AvgIpc) is 2.75. The van der Waals surface area contributed by atoms with Crippen molar-refractivity contribution < 1.29 is 14.4 Å². The van der Waals surface area contributed by atoms with Crippen molar-refractivity contribution >= 4 is 5.97 Å². The molecule has 13 heavy (non-hydrogen) atoms. The molecule has 2 rings (SSSR count). The second-order valence-electron chi connectivity index (χ2n) is 2.31. The van der Waals surface area contributed by atoms with Crippen LogP contribution < -0.4 is 0 Å². The number of aromatic amines is 1. The summed E-state index contributed by atoms with van der Waals surface area (Å²) < 4.78 is 4.47. The van der Waals surface area contributed by atoms with Gasteiger partial charge >= 0.3 is 11.9 Å². The van der Waals surface area contributed by atoms with Crippen LogP contribution in [0.3, 0.4) is 0 Å². The van der Waals surface area contributed by atoms with Crippen molar-refractivity contribution in [2.75, 3.05) is 0 Å². The molecule has 0 aliphatic heterocycles. The van der Waals surface area contributed by atoms with Crippen molar-refractivity contribution in [3.63, 3.8) is 0 Å². The Balaban J connectivity index is 2.39. The molecule has 0 aromatic carbocycles. The number of aromatic nitrogens is 3. The van der Waals surface area contributed by atoms with Gasteiger partial charge < -0.3 is 14.6 Å². The first-order chi connectivity index (χ1) is 6.27. The Labute approximate surface area is 72.2 Å². The number of aromatic carboxylic acids is 1. The highest BCUT2D eigenvalue weighted by Gasteiger charge is 2.14. The molecule has 0 amide bonds. The van der Waals surface area contributed by atoms with E-state index in [9.17, 15) is 4.79 Å². The van der Waals surface area contributed by atoms with Gasteiger partial charge in [-0.15, -0.1) is 0 Å². The minimum absolute atomic E-state index is 0.238. The molecule has 0 saturated heterocycles. The average molecular weight is 179 g/mol. The zero-order valence-electron chi connectivity index (χ0n) is 6.39. The molecule has 0 aliphatic carbocycles. The highest BCUT2D eigenvalue weighted by Crippen LogP contribution is 2.11. The number of carbonyl (C=O) groups is 1. The van der Waals surface area contributed by atoms with Gasteiger partial charge in [-0.25, -0.2) is 4.79 Å². The van der Waals surface area contributed by atoms with Gasteiger partial charge in [0, 0.05) is 6.20 Å². The Bertz CT molecular complexity index is 418. The molecule has 6 nitrogen and oxygen atoms in total. The number of carboxylic acids is 1. The van der Waals surface area contributed by atoms with Gasteiger partial charge in [-0.2, -0.15) is 4.98 Å². The van der Waals surface area contributed by atoms with Crippen molar-refractivity contribution in [2.45, 2.75) is 0 Å². The Morgan fingerprint density at radius 1 is 1.62 bits per heavy atom. The van der Waals surface area contributed by atoms with Crippen molar-refractivity contribution in [3.05, 3.63) is 24.2 Å². The number of nitrogens with one attached hydrogen (secondary N) is 1. The summed E-state index contributed by atoms with van der Waals surface area (Å²) in [6, 6.07) is 3.47. The third kappa shape index (κ3) is 1.28. The maximum Gasteiger partial charge on any atom is 0.394 e. The molecule has 2 aromatic rings. The van der Waals surface area contributed by atoms with Gasteiger partial charge in [0.25, 0.3) is 0 Å². The fourth-order valence-electron chi connectivity index (χ4n) is 0.889. The summed E-state index contributed by atoms with van der Waals surface area (Å²) in [5, 5.41) is 12.0. The van der Waals surface area contributed by atoms with Crippen LogP contribution in [0.25, 0.3) is 11.5 Å². The van der Waals surface area contributed by atoms with Crippen molar-refractivity contribution in [3.8, 4) is 11.5 Å². The minimum atomic E-state index is -1.23. The summed E-state index contributed by atoms with van der Waals surface area (Å²) >= 11 is 0. The summed E-state index contributed by atoms with van der Waals surface area (Å²) in [6.45, 7) is 0. The standard InChI is InChI=1S/C7H5N3O3/c11-7(12)6-9-5(10-13-6)4-2-1-3-8-4/h1-3,8H,(H,11,12). The molecule has 0 unspecified atom stereocenters. The molecule has 6 heteroatoms. The van der Waals surface area contributed by atoms with E-state index in [1.54, 1.807) is 18.3 Å². The van der Waals surface area contributed by atoms with Crippen LogP contribution in [-0.2, 0) is 0 Å². The number of nitrogens with zero attached hydrogens (tertiary/aromatic N) is 2. The van der Waals surface area contributed by atoms with Gasteiger partial charge in [-0.3, -0.25) is 0 Å². The van der Waals surface area contributed by atoms with Crippen LogP contribution in [0.1, 0.15) is 10.7 Å². The van der Waals surface area contributed by atoms with Crippen LogP contribution in [0, 0.1) is 0 Å². The molecular formula is C7H5N3O3. The van der Waals surface area contributed by atoms with Crippen LogP contribution in [0.5, 0.6) is 0 Å². The van der Waals surface area contributed by atoms with Crippen LogP contribution in [0.15, 0.2) is 22.9 Å². The molecule has 0 spiro atoms. The molecular weight excluding hydrogens is 174 g/mol. The van der Waals surface area contributed by atoms with Crippen LogP contribution in [0.4, 0.5) is 0 Å². The minimum Gasteiger partial charge on any atom is -0.474 e. The van der Waals surface area contributed by atoms with Gasteiger partial charge in [-0.05, 0) is 12.1 Å². The molecule has 0 saturated carbocycles. The predicted molar refractivity (Wildman–Crippen MR) is 41.0 cm³/mol. The summed E-state index contributed by atoms with van der Waals surface area (Å²) in [6.07, 6.45) is 1.69. The maximum absolute atomic E-state index is 10.4. The SMILES string of the molecule is O=C(O)c1nc(-c2ccc[nH]2)no1. The van der Waals surface area contributed by atoms with E-state index >= 15 is 0 Å². The predicted octanol–water partition coefficient (Wildman–Crippen LogP) is 0.763. The smallest absolute Gasteiger partial charge is 0.394 e. The zero-order chi connectivity index (χ0) is 9.26. The van der Waals surface area contributed by atoms with Crippen molar-refractivity contribution in [1.82, 2.24) is 15.1 Å². The molecule has 2 heterocycles. The van der Waals surface area contributed by atoms with Crippen molar-refractivity contribution in [1.29, 1.82) is 0 Å². The summed E-state index contributed by atoms with van der Waals surface area (Å²) in [4.78, 5) is 16.8. The normalized spacial score (nSPS) is 10.2. The van der Waals surface area contributed by atoms with Gasteiger partial charge in [-0.1, -0.05) is 5.16 Å². The van der Waals surface area contributed by atoms with Gasteiger partial charge in [0.05, 0.1) is 5.69 Å². The van der Waals surface area contributed by atoms with E-state index in [0.29, 0.717) is 5.69 Å². The molecule has 66 valence electrons. The Morgan fingerprint density at radius 2 is 2.46 bits per heavy atom. The first-order valence-corrected chi connectivity index (χ1v) is 3.48. The van der Waals surface area contributed by atoms with Crippen LogP contribution in [0.2, 0.25) is 0 Å². The number of hydrogen-bond acceptors (Lipinski definition) is 4. The van der Waals surface area contributed by atoms with E-state index in [1.807, 2.05) is 0 Å². The number of H-pyrrole nitrogens is 1.